The van der Waals surface area contributed by atoms with Crippen LogP contribution in [0.5, 0.6) is 0 Å². The van der Waals surface area contributed by atoms with Gasteiger partial charge in [-0.25, -0.2) is 4.79 Å². The molecule has 2 aliphatic rings. The fraction of sp³-hybridized carbons (Fsp3) is 0.846. The predicted octanol–water partition coefficient (Wildman–Crippen LogP) is 0.763. The highest BCUT2D eigenvalue weighted by Gasteiger charge is 2.40. The lowest BCUT2D eigenvalue weighted by Crippen LogP contribution is -2.48. The Morgan fingerprint density at radius 1 is 1.33 bits per heavy atom. The van der Waals surface area contributed by atoms with Gasteiger partial charge < -0.3 is 15.5 Å². The number of carboxylic acids is 1. The minimum atomic E-state index is -1.20. The summed E-state index contributed by atoms with van der Waals surface area (Å²) in [7, 11) is 0. The Morgan fingerprint density at radius 3 is 2.50 bits per heavy atom. The molecule has 5 nitrogen and oxygen atoms in total. The summed E-state index contributed by atoms with van der Waals surface area (Å²) in [6, 6.07) is -1.20. The summed E-state index contributed by atoms with van der Waals surface area (Å²) in [6.45, 7) is 1.37. The van der Waals surface area contributed by atoms with Crippen LogP contribution in [0.2, 0.25) is 0 Å². The molecule has 1 amide bonds. The fourth-order valence-electron chi connectivity index (χ4n) is 3.49. The SMILES string of the molecule is CC(O)C(NC(=O)CC1CC2CCC1C2)C(=O)O. The van der Waals surface area contributed by atoms with Crippen molar-refractivity contribution in [2.45, 2.75) is 51.2 Å². The molecule has 2 rings (SSSR count). The monoisotopic (exact) mass is 255 g/mol. The first kappa shape index (κ1) is 13.3. The maximum atomic E-state index is 11.8. The summed E-state index contributed by atoms with van der Waals surface area (Å²) in [5, 5.41) is 20.6. The van der Waals surface area contributed by atoms with Crippen LogP contribution >= 0.6 is 0 Å². The number of aliphatic carboxylic acids is 1. The number of hydrogen-bond acceptors (Lipinski definition) is 3. The molecule has 0 aromatic heterocycles. The van der Waals surface area contributed by atoms with Gasteiger partial charge in [0.05, 0.1) is 6.10 Å². The van der Waals surface area contributed by atoms with E-state index in [2.05, 4.69) is 5.32 Å². The number of nitrogens with one attached hydrogen (secondary N) is 1. The van der Waals surface area contributed by atoms with E-state index in [9.17, 15) is 14.7 Å². The van der Waals surface area contributed by atoms with Gasteiger partial charge in [-0.05, 0) is 43.9 Å². The average Bonchev–Trinajstić information content (AvgIpc) is 2.86. The Balaban J connectivity index is 1.83. The molecule has 0 aromatic rings. The highest BCUT2D eigenvalue weighted by atomic mass is 16.4. The smallest absolute Gasteiger partial charge is 0.328 e. The third-order valence-corrected chi connectivity index (χ3v) is 4.40. The van der Waals surface area contributed by atoms with Crippen molar-refractivity contribution in [3.63, 3.8) is 0 Å². The van der Waals surface area contributed by atoms with Crippen molar-refractivity contribution in [3.8, 4) is 0 Å². The van der Waals surface area contributed by atoms with E-state index in [1.54, 1.807) is 0 Å². The molecule has 0 heterocycles. The summed E-state index contributed by atoms with van der Waals surface area (Å²) >= 11 is 0. The van der Waals surface area contributed by atoms with Gasteiger partial charge in [-0.3, -0.25) is 4.79 Å². The minimum Gasteiger partial charge on any atom is -0.480 e. The van der Waals surface area contributed by atoms with Crippen molar-refractivity contribution < 1.29 is 19.8 Å². The van der Waals surface area contributed by atoms with E-state index >= 15 is 0 Å². The minimum absolute atomic E-state index is 0.249. The van der Waals surface area contributed by atoms with Crippen molar-refractivity contribution in [3.05, 3.63) is 0 Å². The molecular formula is C13H21NO4. The van der Waals surface area contributed by atoms with Crippen molar-refractivity contribution >= 4 is 11.9 Å². The second-order valence-electron chi connectivity index (χ2n) is 5.76. The zero-order valence-electron chi connectivity index (χ0n) is 10.6. The Labute approximate surface area is 107 Å². The molecule has 3 N–H and O–H groups in total. The molecule has 2 fully saturated rings. The number of hydrogen-bond donors (Lipinski definition) is 3. The Kier molecular flexibility index (Phi) is 3.90. The highest BCUT2D eigenvalue weighted by Crippen LogP contribution is 2.49. The van der Waals surface area contributed by atoms with Crippen LogP contribution in [0, 0.1) is 17.8 Å². The lowest BCUT2D eigenvalue weighted by molar-refractivity contribution is -0.145. The van der Waals surface area contributed by atoms with Crippen LogP contribution in [-0.4, -0.2) is 34.2 Å². The van der Waals surface area contributed by atoms with Crippen LogP contribution in [0.25, 0.3) is 0 Å². The first-order valence-corrected chi connectivity index (χ1v) is 6.67. The molecule has 0 aromatic carbocycles. The summed E-state index contributed by atoms with van der Waals surface area (Å²) in [5.41, 5.74) is 0. The second-order valence-corrected chi connectivity index (χ2v) is 5.76. The molecule has 0 saturated heterocycles. The standard InChI is InChI=1S/C13H21NO4/c1-7(15)12(13(17)18)14-11(16)6-10-5-8-2-3-9(10)4-8/h7-10,12,15H,2-6H2,1H3,(H,14,16)(H,17,18). The average molecular weight is 255 g/mol. The quantitative estimate of drug-likeness (QED) is 0.677. The van der Waals surface area contributed by atoms with Crippen molar-refractivity contribution in [1.82, 2.24) is 5.32 Å². The Bertz CT molecular complexity index is 342. The molecule has 2 bridgehead atoms. The second kappa shape index (κ2) is 5.26. The van der Waals surface area contributed by atoms with Crippen molar-refractivity contribution in [1.29, 1.82) is 0 Å². The van der Waals surface area contributed by atoms with Crippen LogP contribution in [0.1, 0.15) is 39.0 Å². The van der Waals surface area contributed by atoms with Gasteiger partial charge in [0.2, 0.25) is 5.91 Å². The lowest BCUT2D eigenvalue weighted by Gasteiger charge is -2.23. The van der Waals surface area contributed by atoms with Crippen LogP contribution in [0.4, 0.5) is 0 Å². The van der Waals surface area contributed by atoms with Crippen molar-refractivity contribution in [2.75, 3.05) is 0 Å². The van der Waals surface area contributed by atoms with E-state index in [1.807, 2.05) is 0 Å². The molecular weight excluding hydrogens is 234 g/mol. The normalized spacial score (nSPS) is 33.1. The summed E-state index contributed by atoms with van der Waals surface area (Å²) in [4.78, 5) is 22.7. The molecule has 2 aliphatic carbocycles. The van der Waals surface area contributed by atoms with Crippen LogP contribution in [-0.2, 0) is 9.59 Å². The number of rotatable bonds is 5. The molecule has 5 atom stereocenters. The van der Waals surface area contributed by atoms with Crippen molar-refractivity contribution in [2.24, 2.45) is 17.8 Å². The molecule has 5 unspecified atom stereocenters. The summed E-state index contributed by atoms with van der Waals surface area (Å²) in [5.74, 6) is 0.398. The summed E-state index contributed by atoms with van der Waals surface area (Å²) < 4.78 is 0. The molecule has 2 saturated carbocycles. The third-order valence-electron chi connectivity index (χ3n) is 4.40. The molecule has 5 heteroatoms. The number of amides is 1. The van der Waals surface area contributed by atoms with Gasteiger partial charge in [0.1, 0.15) is 0 Å². The largest absolute Gasteiger partial charge is 0.480 e. The number of aliphatic hydroxyl groups is 1. The first-order valence-electron chi connectivity index (χ1n) is 6.67. The Hall–Kier alpha value is -1.10. The fourth-order valence-corrected chi connectivity index (χ4v) is 3.49. The summed E-state index contributed by atoms with van der Waals surface area (Å²) in [6.07, 6.45) is 4.15. The topological polar surface area (TPSA) is 86.6 Å². The first-order chi connectivity index (χ1) is 8.47. The van der Waals surface area contributed by atoms with Crippen LogP contribution < -0.4 is 5.32 Å². The molecule has 0 aliphatic heterocycles. The van der Waals surface area contributed by atoms with Gasteiger partial charge in [0.25, 0.3) is 0 Å². The third kappa shape index (κ3) is 2.83. The molecule has 0 radical (unpaired) electrons. The number of fused-ring (bicyclic) bond motifs is 2. The zero-order valence-corrected chi connectivity index (χ0v) is 10.6. The number of carbonyl (C=O) groups is 2. The molecule has 102 valence electrons. The van der Waals surface area contributed by atoms with E-state index in [4.69, 9.17) is 5.11 Å². The number of carbonyl (C=O) groups excluding carboxylic acids is 1. The van der Waals surface area contributed by atoms with Gasteiger partial charge >= 0.3 is 5.97 Å². The van der Waals surface area contributed by atoms with Gasteiger partial charge in [-0.1, -0.05) is 6.42 Å². The maximum Gasteiger partial charge on any atom is 0.328 e. The Morgan fingerprint density at radius 2 is 2.06 bits per heavy atom. The zero-order chi connectivity index (χ0) is 13.3. The van der Waals surface area contributed by atoms with E-state index in [1.165, 1.54) is 26.2 Å². The van der Waals surface area contributed by atoms with Gasteiger partial charge in [0.15, 0.2) is 6.04 Å². The van der Waals surface area contributed by atoms with Gasteiger partial charge in [0, 0.05) is 6.42 Å². The highest BCUT2D eigenvalue weighted by molar-refractivity contribution is 5.84. The van der Waals surface area contributed by atoms with E-state index in [-0.39, 0.29) is 5.91 Å². The molecule has 18 heavy (non-hydrogen) atoms. The predicted molar refractivity (Wildman–Crippen MR) is 64.8 cm³/mol. The number of aliphatic hydroxyl groups excluding tert-OH is 1. The molecule has 0 spiro atoms. The van der Waals surface area contributed by atoms with Gasteiger partial charge in [-0.2, -0.15) is 0 Å². The van der Waals surface area contributed by atoms with E-state index < -0.39 is 18.1 Å². The van der Waals surface area contributed by atoms with E-state index in [0.717, 1.165) is 12.3 Å². The van der Waals surface area contributed by atoms with Crippen LogP contribution in [0.3, 0.4) is 0 Å². The number of carboxylic acid groups (broad SMARTS) is 1. The maximum absolute atomic E-state index is 11.8. The van der Waals surface area contributed by atoms with Gasteiger partial charge in [-0.15, -0.1) is 0 Å². The van der Waals surface area contributed by atoms with E-state index in [0.29, 0.717) is 18.3 Å². The lowest BCUT2D eigenvalue weighted by atomic mass is 9.86. The van der Waals surface area contributed by atoms with Crippen LogP contribution in [0.15, 0.2) is 0 Å².